The number of hydrogen-bond donors (Lipinski definition) is 1. The van der Waals surface area contributed by atoms with Gasteiger partial charge in [0.05, 0.1) is 0 Å². The van der Waals surface area contributed by atoms with Crippen LogP contribution in [0.25, 0.3) is 0 Å². The lowest BCUT2D eigenvalue weighted by molar-refractivity contribution is -0.126. The Bertz CT molecular complexity index is 378. The summed E-state index contributed by atoms with van der Waals surface area (Å²) in [4.78, 5) is 23.0. The predicted molar refractivity (Wildman–Crippen MR) is 68.4 cm³/mol. The molecule has 2 aliphatic rings. The van der Waals surface area contributed by atoms with Crippen LogP contribution in [-0.2, 0) is 14.3 Å². The number of likely N-dealkylation sites (tertiary alicyclic amines) is 1. The Balaban J connectivity index is 1.88. The standard InChI is InChI=1S/C12H21N3O4/c1-12(2,3)18-11(16)15-6-5-8(7-15)9-13-10(17-4)19-14-9/h8,10H,5-7H2,1-4H3,(H,13,14). The van der Waals surface area contributed by atoms with Gasteiger partial charge in [0, 0.05) is 26.1 Å². The van der Waals surface area contributed by atoms with Crippen molar-refractivity contribution in [3.8, 4) is 0 Å². The molecule has 1 amide bonds. The maximum atomic E-state index is 11.9. The van der Waals surface area contributed by atoms with Crippen LogP contribution in [0.4, 0.5) is 4.79 Å². The molecule has 2 unspecified atom stereocenters. The summed E-state index contributed by atoms with van der Waals surface area (Å²) < 4.78 is 10.3. The van der Waals surface area contributed by atoms with E-state index in [-0.39, 0.29) is 12.0 Å². The number of methoxy groups -OCH3 is 1. The summed E-state index contributed by atoms with van der Waals surface area (Å²) in [6.45, 7) is 6.83. The fourth-order valence-electron chi connectivity index (χ4n) is 2.04. The summed E-state index contributed by atoms with van der Waals surface area (Å²) >= 11 is 0. The van der Waals surface area contributed by atoms with Crippen LogP contribution >= 0.6 is 0 Å². The highest BCUT2D eigenvalue weighted by Gasteiger charge is 2.34. The van der Waals surface area contributed by atoms with Crippen LogP contribution in [0.1, 0.15) is 27.2 Å². The van der Waals surface area contributed by atoms with Crippen molar-refractivity contribution in [2.24, 2.45) is 10.9 Å². The molecule has 1 saturated heterocycles. The minimum atomic E-state index is -0.592. The van der Waals surface area contributed by atoms with E-state index in [2.05, 4.69) is 10.5 Å². The van der Waals surface area contributed by atoms with Gasteiger partial charge in [0.25, 0.3) is 6.41 Å². The molecule has 0 aliphatic carbocycles. The van der Waals surface area contributed by atoms with Gasteiger partial charge in [-0.2, -0.15) is 0 Å². The SMILES string of the molecule is COC1N=C(C2CCN(C(=O)OC(C)(C)C)C2)NO1. The molecule has 0 spiro atoms. The van der Waals surface area contributed by atoms with Crippen molar-refractivity contribution in [1.82, 2.24) is 10.4 Å². The highest BCUT2D eigenvalue weighted by Crippen LogP contribution is 2.22. The molecule has 0 radical (unpaired) electrons. The lowest BCUT2D eigenvalue weighted by Gasteiger charge is -2.24. The lowest BCUT2D eigenvalue weighted by atomic mass is 10.1. The van der Waals surface area contributed by atoms with Gasteiger partial charge in [0.1, 0.15) is 11.4 Å². The van der Waals surface area contributed by atoms with Gasteiger partial charge in [-0.25, -0.2) is 20.1 Å². The molecule has 7 heteroatoms. The predicted octanol–water partition coefficient (Wildman–Crippen LogP) is 1.11. The molecule has 7 nitrogen and oxygen atoms in total. The van der Waals surface area contributed by atoms with E-state index in [1.165, 1.54) is 7.11 Å². The first kappa shape index (κ1) is 14.1. The fourth-order valence-corrected chi connectivity index (χ4v) is 2.04. The lowest BCUT2D eigenvalue weighted by Crippen LogP contribution is -2.36. The second-order valence-corrected chi connectivity index (χ2v) is 5.69. The number of carbonyl (C=O) groups is 1. The summed E-state index contributed by atoms with van der Waals surface area (Å²) in [5, 5.41) is 0. The van der Waals surface area contributed by atoms with Gasteiger partial charge in [-0.3, -0.25) is 0 Å². The van der Waals surface area contributed by atoms with E-state index in [1.54, 1.807) is 4.90 Å². The summed E-state index contributed by atoms with van der Waals surface area (Å²) in [6.07, 6.45) is -0.0337. The number of nitrogens with one attached hydrogen (secondary N) is 1. The van der Waals surface area contributed by atoms with Crippen molar-refractivity contribution in [2.75, 3.05) is 20.2 Å². The van der Waals surface area contributed by atoms with Crippen LogP contribution in [0.3, 0.4) is 0 Å². The van der Waals surface area contributed by atoms with Crippen LogP contribution in [0, 0.1) is 5.92 Å². The van der Waals surface area contributed by atoms with E-state index in [1.807, 2.05) is 20.8 Å². The van der Waals surface area contributed by atoms with Crippen molar-refractivity contribution in [3.05, 3.63) is 0 Å². The molecule has 108 valence electrons. The van der Waals surface area contributed by atoms with Crippen LogP contribution in [0.2, 0.25) is 0 Å². The third-order valence-corrected chi connectivity index (χ3v) is 2.94. The molecule has 2 aliphatic heterocycles. The van der Waals surface area contributed by atoms with Crippen molar-refractivity contribution in [1.29, 1.82) is 0 Å². The van der Waals surface area contributed by atoms with Gasteiger partial charge in [0.2, 0.25) is 0 Å². The summed E-state index contributed by atoms with van der Waals surface area (Å²) in [7, 11) is 1.53. The van der Waals surface area contributed by atoms with Gasteiger partial charge in [0.15, 0.2) is 0 Å². The van der Waals surface area contributed by atoms with E-state index < -0.39 is 12.0 Å². The number of nitrogens with zero attached hydrogens (tertiary/aromatic N) is 2. The van der Waals surface area contributed by atoms with E-state index in [9.17, 15) is 4.79 Å². The van der Waals surface area contributed by atoms with E-state index in [0.29, 0.717) is 13.1 Å². The second kappa shape index (κ2) is 5.34. The van der Waals surface area contributed by atoms with Gasteiger partial charge in [-0.15, -0.1) is 0 Å². The maximum absolute atomic E-state index is 11.9. The molecule has 0 saturated carbocycles. The number of hydroxylamine groups is 1. The van der Waals surface area contributed by atoms with Crippen LogP contribution in [0.15, 0.2) is 4.99 Å². The largest absolute Gasteiger partial charge is 0.444 e. The van der Waals surface area contributed by atoms with Crippen LogP contribution < -0.4 is 5.48 Å². The van der Waals surface area contributed by atoms with E-state index in [4.69, 9.17) is 14.3 Å². The van der Waals surface area contributed by atoms with Gasteiger partial charge >= 0.3 is 6.09 Å². The van der Waals surface area contributed by atoms with Crippen LogP contribution in [-0.4, -0.2) is 49.0 Å². The second-order valence-electron chi connectivity index (χ2n) is 5.69. The number of ether oxygens (including phenoxy) is 2. The molecule has 0 bridgehead atoms. The summed E-state index contributed by atoms with van der Waals surface area (Å²) in [5.41, 5.74) is 2.28. The molecular formula is C12H21N3O4. The zero-order chi connectivity index (χ0) is 14.0. The van der Waals surface area contributed by atoms with E-state index >= 15 is 0 Å². The molecular weight excluding hydrogens is 250 g/mol. The van der Waals surface area contributed by atoms with Gasteiger partial charge < -0.3 is 14.4 Å². The molecule has 19 heavy (non-hydrogen) atoms. The average Bonchev–Trinajstić information content (AvgIpc) is 2.95. The molecule has 0 aromatic carbocycles. The molecule has 2 rings (SSSR count). The summed E-state index contributed by atoms with van der Waals surface area (Å²) in [5.74, 6) is 0.880. The first-order chi connectivity index (χ1) is 8.89. The van der Waals surface area contributed by atoms with Crippen molar-refractivity contribution in [3.63, 3.8) is 0 Å². The molecule has 0 aromatic rings. The average molecular weight is 271 g/mol. The Labute approximate surface area is 112 Å². The first-order valence-electron chi connectivity index (χ1n) is 6.39. The third-order valence-electron chi connectivity index (χ3n) is 2.94. The zero-order valence-corrected chi connectivity index (χ0v) is 11.8. The highest BCUT2D eigenvalue weighted by molar-refractivity contribution is 5.85. The van der Waals surface area contributed by atoms with Crippen molar-refractivity contribution >= 4 is 11.9 Å². The zero-order valence-electron chi connectivity index (χ0n) is 11.8. The summed E-state index contributed by atoms with van der Waals surface area (Å²) in [6, 6.07) is 0. The third kappa shape index (κ3) is 3.57. The smallest absolute Gasteiger partial charge is 0.410 e. The Morgan fingerprint density at radius 1 is 1.53 bits per heavy atom. The molecule has 2 heterocycles. The monoisotopic (exact) mass is 271 g/mol. The Kier molecular flexibility index (Phi) is 3.96. The quantitative estimate of drug-likeness (QED) is 0.814. The van der Waals surface area contributed by atoms with Crippen molar-refractivity contribution < 1.29 is 19.1 Å². The van der Waals surface area contributed by atoms with Gasteiger partial charge in [-0.1, -0.05) is 0 Å². The van der Waals surface area contributed by atoms with Gasteiger partial charge in [-0.05, 0) is 27.2 Å². The Hall–Kier alpha value is -1.34. The topological polar surface area (TPSA) is 72.4 Å². The fraction of sp³-hybridized carbons (Fsp3) is 0.833. The number of amidine groups is 1. The minimum absolute atomic E-state index is 0.146. The Morgan fingerprint density at radius 3 is 2.84 bits per heavy atom. The number of rotatable bonds is 2. The number of aliphatic imine (C=N–C) groups is 1. The van der Waals surface area contributed by atoms with Crippen molar-refractivity contribution in [2.45, 2.75) is 39.2 Å². The van der Waals surface area contributed by atoms with E-state index in [0.717, 1.165) is 12.3 Å². The maximum Gasteiger partial charge on any atom is 0.410 e. The van der Waals surface area contributed by atoms with Crippen LogP contribution in [0.5, 0.6) is 0 Å². The molecule has 1 fully saturated rings. The normalized spacial score (nSPS) is 27.2. The minimum Gasteiger partial charge on any atom is -0.444 e. The number of carbonyl (C=O) groups excluding carboxylic acids is 1. The first-order valence-corrected chi connectivity index (χ1v) is 6.39. The Morgan fingerprint density at radius 2 is 2.26 bits per heavy atom. The molecule has 1 N–H and O–H groups in total. The number of amides is 1. The highest BCUT2D eigenvalue weighted by atomic mass is 16.8. The number of hydrogen-bond acceptors (Lipinski definition) is 6. The molecule has 2 atom stereocenters. The molecule has 0 aromatic heterocycles.